The van der Waals surface area contributed by atoms with Crippen LogP contribution in [0.1, 0.15) is 6.42 Å². The minimum Gasteiger partial charge on any atom is -0.481 e. The number of carbonyl (C=O) groups is 1. The van der Waals surface area contributed by atoms with Crippen LogP contribution in [0.5, 0.6) is 0 Å². The number of hydrogen-bond acceptors (Lipinski definition) is 6. The highest BCUT2D eigenvalue weighted by atomic mass is 32.2. The summed E-state index contributed by atoms with van der Waals surface area (Å²) in [4.78, 5) is 24.0. The van der Waals surface area contributed by atoms with Crippen LogP contribution in [0.4, 0.5) is 11.6 Å². The maximum atomic E-state index is 11.0. The highest BCUT2D eigenvalue weighted by Crippen LogP contribution is 2.25. The first kappa shape index (κ1) is 13.5. The predicted octanol–water partition coefficient (Wildman–Crippen LogP) is 0.941. The molecule has 2 aliphatic heterocycles. The number of aromatic nitrogens is 2. The van der Waals surface area contributed by atoms with Crippen molar-refractivity contribution >= 4 is 29.4 Å². The van der Waals surface area contributed by atoms with Crippen molar-refractivity contribution in [3.63, 3.8) is 0 Å². The number of anilines is 2. The number of aliphatic carboxylic acids is 1. The Morgan fingerprint density at radius 3 is 2.55 bits per heavy atom. The molecule has 1 N–H and O–H groups in total. The Hall–Kier alpha value is -1.50. The molecule has 0 amide bonds. The second-order valence-corrected chi connectivity index (χ2v) is 6.33. The molecule has 0 bridgehead atoms. The van der Waals surface area contributed by atoms with E-state index in [9.17, 15) is 4.79 Å². The van der Waals surface area contributed by atoms with Crippen molar-refractivity contribution in [3.05, 3.63) is 12.4 Å². The summed E-state index contributed by atoms with van der Waals surface area (Å²) in [5.74, 6) is 3.06. The van der Waals surface area contributed by atoms with E-state index in [4.69, 9.17) is 5.11 Å². The summed E-state index contributed by atoms with van der Waals surface area (Å²) < 4.78 is 0. The van der Waals surface area contributed by atoms with E-state index in [1.807, 2.05) is 22.7 Å². The lowest BCUT2D eigenvalue weighted by atomic mass is 10.1. The van der Waals surface area contributed by atoms with Crippen LogP contribution >= 0.6 is 11.8 Å². The predicted molar refractivity (Wildman–Crippen MR) is 79.5 cm³/mol. The smallest absolute Gasteiger partial charge is 0.308 e. The summed E-state index contributed by atoms with van der Waals surface area (Å²) >= 11 is 1.97. The lowest BCUT2D eigenvalue weighted by molar-refractivity contribution is -0.140. The van der Waals surface area contributed by atoms with Gasteiger partial charge >= 0.3 is 5.97 Å². The quantitative estimate of drug-likeness (QED) is 0.889. The van der Waals surface area contributed by atoms with Crippen molar-refractivity contribution in [1.82, 2.24) is 9.97 Å². The summed E-state index contributed by atoms with van der Waals surface area (Å²) in [6, 6.07) is 1.99. The highest BCUT2D eigenvalue weighted by Gasteiger charge is 2.29. The van der Waals surface area contributed by atoms with Gasteiger partial charge in [0.2, 0.25) is 0 Å². The third-order valence-corrected chi connectivity index (χ3v) is 4.78. The zero-order valence-corrected chi connectivity index (χ0v) is 12.1. The van der Waals surface area contributed by atoms with Crippen molar-refractivity contribution in [2.24, 2.45) is 5.92 Å². The van der Waals surface area contributed by atoms with Crippen LogP contribution < -0.4 is 9.80 Å². The average molecular weight is 294 g/mol. The van der Waals surface area contributed by atoms with E-state index in [0.717, 1.165) is 42.8 Å². The van der Waals surface area contributed by atoms with Crippen LogP contribution in [-0.4, -0.2) is 58.7 Å². The number of carboxylic acids is 1. The SMILES string of the molecule is O=C(O)C1CCN(c2cc(N3CCSCC3)ncn2)C1. The van der Waals surface area contributed by atoms with Gasteiger partial charge in [0.15, 0.2) is 0 Å². The van der Waals surface area contributed by atoms with Crippen LogP contribution in [0.2, 0.25) is 0 Å². The Kier molecular flexibility index (Phi) is 3.95. The fourth-order valence-corrected chi connectivity index (χ4v) is 3.55. The van der Waals surface area contributed by atoms with Crippen LogP contribution in [0.15, 0.2) is 12.4 Å². The monoisotopic (exact) mass is 294 g/mol. The summed E-state index contributed by atoms with van der Waals surface area (Å²) in [5, 5.41) is 9.07. The molecule has 3 heterocycles. The third-order valence-electron chi connectivity index (χ3n) is 3.83. The number of thioether (sulfide) groups is 1. The normalized spacial score (nSPS) is 23.1. The highest BCUT2D eigenvalue weighted by molar-refractivity contribution is 7.99. The van der Waals surface area contributed by atoms with E-state index < -0.39 is 5.97 Å². The molecular weight excluding hydrogens is 276 g/mol. The molecule has 1 aromatic rings. The van der Waals surface area contributed by atoms with Crippen molar-refractivity contribution in [1.29, 1.82) is 0 Å². The first-order chi connectivity index (χ1) is 9.74. The minimum atomic E-state index is -0.713. The van der Waals surface area contributed by atoms with Gasteiger partial charge in [-0.15, -0.1) is 0 Å². The molecule has 1 aromatic heterocycles. The maximum Gasteiger partial charge on any atom is 0.308 e. The van der Waals surface area contributed by atoms with E-state index in [2.05, 4.69) is 14.9 Å². The molecule has 6 nitrogen and oxygen atoms in total. The molecule has 108 valence electrons. The zero-order valence-electron chi connectivity index (χ0n) is 11.2. The van der Waals surface area contributed by atoms with Crippen LogP contribution in [0.3, 0.4) is 0 Å². The van der Waals surface area contributed by atoms with Crippen molar-refractivity contribution in [3.8, 4) is 0 Å². The first-order valence-corrected chi connectivity index (χ1v) is 8.02. The van der Waals surface area contributed by atoms with Gasteiger partial charge in [-0.1, -0.05) is 0 Å². The molecule has 2 saturated heterocycles. The Morgan fingerprint density at radius 1 is 1.20 bits per heavy atom. The molecule has 1 unspecified atom stereocenters. The van der Waals surface area contributed by atoms with E-state index in [0.29, 0.717) is 13.0 Å². The minimum absolute atomic E-state index is 0.278. The molecule has 3 rings (SSSR count). The van der Waals surface area contributed by atoms with Crippen LogP contribution in [-0.2, 0) is 4.79 Å². The molecular formula is C13H18N4O2S. The standard InChI is InChI=1S/C13H18N4O2S/c18-13(19)10-1-2-17(8-10)12-7-11(14-9-15-12)16-3-5-20-6-4-16/h7,9-10H,1-6,8H2,(H,18,19). The van der Waals surface area contributed by atoms with Crippen LogP contribution in [0.25, 0.3) is 0 Å². The fraction of sp³-hybridized carbons (Fsp3) is 0.615. The number of rotatable bonds is 3. The van der Waals surface area contributed by atoms with Crippen molar-refractivity contribution in [2.75, 3.05) is 47.5 Å². The summed E-state index contributed by atoms with van der Waals surface area (Å²) in [7, 11) is 0. The first-order valence-electron chi connectivity index (χ1n) is 6.86. The van der Waals surface area contributed by atoms with E-state index >= 15 is 0 Å². The Labute approximate surface area is 122 Å². The number of carboxylic acid groups (broad SMARTS) is 1. The second kappa shape index (κ2) is 5.87. The molecule has 0 saturated carbocycles. The Balaban J connectivity index is 1.73. The van der Waals surface area contributed by atoms with E-state index in [1.54, 1.807) is 6.33 Å². The largest absolute Gasteiger partial charge is 0.481 e. The molecule has 2 aliphatic rings. The molecule has 0 spiro atoms. The number of nitrogens with zero attached hydrogens (tertiary/aromatic N) is 4. The van der Waals surface area contributed by atoms with Crippen molar-refractivity contribution < 1.29 is 9.90 Å². The third kappa shape index (κ3) is 2.82. The maximum absolute atomic E-state index is 11.0. The van der Waals surface area contributed by atoms with Gasteiger partial charge in [-0.3, -0.25) is 4.79 Å². The van der Waals surface area contributed by atoms with Crippen molar-refractivity contribution in [2.45, 2.75) is 6.42 Å². The Morgan fingerprint density at radius 2 is 1.90 bits per heavy atom. The molecule has 0 radical (unpaired) electrons. The van der Waals surface area contributed by atoms with E-state index in [-0.39, 0.29) is 5.92 Å². The summed E-state index contributed by atoms with van der Waals surface area (Å²) in [5.41, 5.74) is 0. The lowest BCUT2D eigenvalue weighted by Crippen LogP contribution is -2.33. The molecule has 2 fully saturated rings. The van der Waals surface area contributed by atoms with Gasteiger partial charge in [-0.25, -0.2) is 9.97 Å². The van der Waals surface area contributed by atoms with Crippen LogP contribution in [0, 0.1) is 5.92 Å². The van der Waals surface area contributed by atoms with Gasteiger partial charge in [0.05, 0.1) is 5.92 Å². The van der Waals surface area contributed by atoms with Gasteiger partial charge in [-0.05, 0) is 6.42 Å². The van der Waals surface area contributed by atoms with E-state index in [1.165, 1.54) is 0 Å². The number of hydrogen-bond donors (Lipinski definition) is 1. The van der Waals surface area contributed by atoms with Gasteiger partial charge in [0.1, 0.15) is 18.0 Å². The topological polar surface area (TPSA) is 69.6 Å². The van der Waals surface area contributed by atoms with Gasteiger partial charge in [0.25, 0.3) is 0 Å². The molecule has 20 heavy (non-hydrogen) atoms. The average Bonchev–Trinajstić information content (AvgIpc) is 2.98. The molecule has 0 aromatic carbocycles. The summed E-state index contributed by atoms with van der Waals surface area (Å²) in [6.07, 6.45) is 2.27. The molecule has 1 atom stereocenters. The molecule has 0 aliphatic carbocycles. The zero-order chi connectivity index (χ0) is 13.9. The second-order valence-electron chi connectivity index (χ2n) is 5.10. The molecule has 7 heteroatoms. The lowest BCUT2D eigenvalue weighted by Gasteiger charge is -2.28. The van der Waals surface area contributed by atoms with Gasteiger partial charge in [-0.2, -0.15) is 11.8 Å². The Bertz CT molecular complexity index is 493. The fourth-order valence-electron chi connectivity index (χ4n) is 2.65. The van der Waals surface area contributed by atoms with Gasteiger partial charge < -0.3 is 14.9 Å². The van der Waals surface area contributed by atoms with Gasteiger partial charge in [0, 0.05) is 43.8 Å². The summed E-state index contributed by atoms with van der Waals surface area (Å²) in [6.45, 7) is 3.32.